The fraction of sp³-hybridized carbons (Fsp3) is 0.467. The maximum atomic E-state index is 13.5. The third-order valence-corrected chi connectivity index (χ3v) is 2.42. The van der Waals surface area contributed by atoms with E-state index in [0.717, 1.165) is 5.56 Å². The molecule has 0 radical (unpaired) electrons. The van der Waals surface area contributed by atoms with Gasteiger partial charge in [0, 0.05) is 13.0 Å². The highest BCUT2D eigenvalue weighted by atomic mass is 19.1. The lowest BCUT2D eigenvalue weighted by atomic mass is 10.2. The van der Waals surface area contributed by atoms with Crippen molar-refractivity contribution in [2.24, 2.45) is 0 Å². The van der Waals surface area contributed by atoms with Crippen molar-refractivity contribution in [1.82, 2.24) is 5.32 Å². The Morgan fingerprint density at radius 1 is 1.29 bits per heavy atom. The Morgan fingerprint density at radius 2 is 1.95 bits per heavy atom. The molecular formula is C15H21FN2O3. The van der Waals surface area contributed by atoms with Gasteiger partial charge in [-0.1, -0.05) is 6.07 Å². The van der Waals surface area contributed by atoms with Crippen molar-refractivity contribution in [3.8, 4) is 0 Å². The summed E-state index contributed by atoms with van der Waals surface area (Å²) < 4.78 is 18.5. The van der Waals surface area contributed by atoms with Crippen molar-refractivity contribution >= 4 is 17.7 Å². The van der Waals surface area contributed by atoms with Crippen LogP contribution in [0.3, 0.4) is 0 Å². The van der Waals surface area contributed by atoms with E-state index in [2.05, 4.69) is 10.6 Å². The predicted molar refractivity (Wildman–Crippen MR) is 78.6 cm³/mol. The second-order valence-electron chi connectivity index (χ2n) is 5.71. The lowest BCUT2D eigenvalue weighted by molar-refractivity contribution is -0.116. The monoisotopic (exact) mass is 296 g/mol. The lowest BCUT2D eigenvalue weighted by Crippen LogP contribution is -2.34. The van der Waals surface area contributed by atoms with E-state index in [1.54, 1.807) is 39.8 Å². The Kier molecular flexibility index (Phi) is 5.69. The molecule has 0 spiro atoms. The maximum Gasteiger partial charge on any atom is 0.407 e. The molecule has 5 nitrogen and oxygen atoms in total. The number of hydrogen-bond acceptors (Lipinski definition) is 3. The highest BCUT2D eigenvalue weighted by Crippen LogP contribution is 2.15. The van der Waals surface area contributed by atoms with Crippen molar-refractivity contribution in [3.63, 3.8) is 0 Å². The highest BCUT2D eigenvalue weighted by molar-refractivity contribution is 5.91. The van der Waals surface area contributed by atoms with Crippen molar-refractivity contribution in [2.75, 3.05) is 11.9 Å². The number of nitrogens with one attached hydrogen (secondary N) is 2. The maximum absolute atomic E-state index is 13.5. The van der Waals surface area contributed by atoms with Crippen LogP contribution < -0.4 is 10.6 Å². The highest BCUT2D eigenvalue weighted by Gasteiger charge is 2.16. The molecule has 0 fully saturated rings. The fourth-order valence-corrected chi connectivity index (χ4v) is 1.54. The molecule has 0 bridgehead atoms. The SMILES string of the molecule is Cc1ccc(F)c(NC(=O)CCNC(=O)OC(C)(C)C)c1. The quantitative estimate of drug-likeness (QED) is 0.897. The van der Waals surface area contributed by atoms with E-state index in [-0.39, 0.29) is 24.6 Å². The molecule has 0 atom stereocenters. The van der Waals surface area contributed by atoms with E-state index in [9.17, 15) is 14.0 Å². The van der Waals surface area contributed by atoms with Gasteiger partial charge in [0.15, 0.2) is 0 Å². The number of benzene rings is 1. The minimum atomic E-state index is -0.586. The summed E-state index contributed by atoms with van der Waals surface area (Å²) in [5.74, 6) is -0.871. The number of amides is 2. The first kappa shape index (κ1) is 16.9. The van der Waals surface area contributed by atoms with Crippen LogP contribution in [0.4, 0.5) is 14.9 Å². The second-order valence-corrected chi connectivity index (χ2v) is 5.71. The fourth-order valence-electron chi connectivity index (χ4n) is 1.54. The normalized spacial score (nSPS) is 10.9. The van der Waals surface area contributed by atoms with Crippen LogP contribution in [0.2, 0.25) is 0 Å². The van der Waals surface area contributed by atoms with Gasteiger partial charge in [-0.25, -0.2) is 9.18 Å². The summed E-state index contributed by atoms with van der Waals surface area (Å²) in [6, 6.07) is 4.47. The molecule has 2 N–H and O–H groups in total. The van der Waals surface area contributed by atoms with E-state index in [1.807, 2.05) is 0 Å². The molecule has 21 heavy (non-hydrogen) atoms. The topological polar surface area (TPSA) is 67.4 Å². The first-order chi connectivity index (χ1) is 9.67. The van der Waals surface area contributed by atoms with Gasteiger partial charge in [0.2, 0.25) is 5.91 Å². The molecule has 1 aromatic rings. The summed E-state index contributed by atoms with van der Waals surface area (Å²) in [6.45, 7) is 7.17. The Balaban J connectivity index is 2.38. The minimum Gasteiger partial charge on any atom is -0.444 e. The van der Waals surface area contributed by atoms with Gasteiger partial charge in [0.25, 0.3) is 0 Å². The first-order valence-electron chi connectivity index (χ1n) is 6.70. The molecule has 0 saturated carbocycles. The van der Waals surface area contributed by atoms with Gasteiger partial charge in [-0.2, -0.15) is 0 Å². The number of hydrogen-bond donors (Lipinski definition) is 2. The van der Waals surface area contributed by atoms with Crippen molar-refractivity contribution in [3.05, 3.63) is 29.6 Å². The summed E-state index contributed by atoms with van der Waals surface area (Å²) in [6.07, 6.45) is -0.552. The van der Waals surface area contributed by atoms with Crippen LogP contribution in [-0.4, -0.2) is 24.1 Å². The summed E-state index contributed by atoms with van der Waals surface area (Å²) in [5.41, 5.74) is 0.396. The molecule has 6 heteroatoms. The van der Waals surface area contributed by atoms with Crippen molar-refractivity contribution in [1.29, 1.82) is 0 Å². The molecule has 0 aromatic heterocycles. The summed E-state index contributed by atoms with van der Waals surface area (Å²) in [5, 5.41) is 4.93. The van der Waals surface area contributed by atoms with Gasteiger partial charge in [-0.15, -0.1) is 0 Å². The Hall–Kier alpha value is -2.11. The number of rotatable bonds is 4. The van der Waals surface area contributed by atoms with Gasteiger partial charge in [0.1, 0.15) is 11.4 Å². The van der Waals surface area contributed by atoms with E-state index in [1.165, 1.54) is 6.07 Å². The summed E-state index contributed by atoms with van der Waals surface area (Å²) >= 11 is 0. The number of anilines is 1. The molecule has 116 valence electrons. The smallest absolute Gasteiger partial charge is 0.407 e. The molecule has 1 aromatic carbocycles. The third kappa shape index (κ3) is 6.74. The van der Waals surface area contributed by atoms with Crippen LogP contribution in [0.5, 0.6) is 0 Å². The number of halogens is 1. The summed E-state index contributed by atoms with van der Waals surface area (Å²) in [4.78, 5) is 23.0. The molecule has 1 rings (SSSR count). The molecule has 0 aliphatic carbocycles. The second kappa shape index (κ2) is 7.06. The number of alkyl carbamates (subject to hydrolysis) is 1. The first-order valence-corrected chi connectivity index (χ1v) is 6.70. The minimum absolute atomic E-state index is 0.0343. The van der Waals surface area contributed by atoms with Crippen LogP contribution >= 0.6 is 0 Å². The molecule has 0 heterocycles. The standard InChI is InChI=1S/C15H21FN2O3/c1-10-5-6-11(16)12(9-10)18-13(19)7-8-17-14(20)21-15(2,3)4/h5-6,9H,7-8H2,1-4H3,(H,17,20)(H,18,19). The van der Waals surface area contributed by atoms with Crippen LogP contribution in [-0.2, 0) is 9.53 Å². The van der Waals surface area contributed by atoms with Gasteiger partial charge in [-0.3, -0.25) is 4.79 Å². The van der Waals surface area contributed by atoms with Gasteiger partial charge >= 0.3 is 6.09 Å². The van der Waals surface area contributed by atoms with E-state index in [4.69, 9.17) is 4.74 Å². The van der Waals surface area contributed by atoms with Gasteiger partial charge < -0.3 is 15.4 Å². The van der Waals surface area contributed by atoms with Crippen LogP contribution in [0, 0.1) is 12.7 Å². The largest absolute Gasteiger partial charge is 0.444 e. The van der Waals surface area contributed by atoms with E-state index < -0.39 is 17.5 Å². The van der Waals surface area contributed by atoms with Crippen molar-refractivity contribution in [2.45, 2.75) is 39.7 Å². The Labute approximate surface area is 123 Å². The zero-order valence-corrected chi connectivity index (χ0v) is 12.7. The molecule has 2 amide bonds. The Bertz CT molecular complexity index is 524. The van der Waals surface area contributed by atoms with Gasteiger partial charge in [0.05, 0.1) is 5.69 Å². The van der Waals surface area contributed by atoms with Crippen LogP contribution in [0.25, 0.3) is 0 Å². The van der Waals surface area contributed by atoms with E-state index >= 15 is 0 Å². The molecule has 0 aliphatic rings. The number of ether oxygens (including phenoxy) is 1. The zero-order valence-electron chi connectivity index (χ0n) is 12.7. The molecule has 0 unspecified atom stereocenters. The Morgan fingerprint density at radius 3 is 2.57 bits per heavy atom. The average Bonchev–Trinajstić information content (AvgIpc) is 2.31. The predicted octanol–water partition coefficient (Wildman–Crippen LogP) is 2.99. The van der Waals surface area contributed by atoms with Crippen LogP contribution in [0.1, 0.15) is 32.8 Å². The number of aryl methyl sites for hydroxylation is 1. The zero-order chi connectivity index (χ0) is 16.0. The van der Waals surface area contributed by atoms with E-state index in [0.29, 0.717) is 0 Å². The van der Waals surface area contributed by atoms with Crippen LogP contribution in [0.15, 0.2) is 18.2 Å². The number of carbonyl (C=O) groups is 2. The molecular weight excluding hydrogens is 275 g/mol. The van der Waals surface area contributed by atoms with Crippen molar-refractivity contribution < 1.29 is 18.7 Å². The summed E-state index contributed by atoms with van der Waals surface area (Å²) in [7, 11) is 0. The molecule has 0 saturated heterocycles. The van der Waals surface area contributed by atoms with Gasteiger partial charge in [-0.05, 0) is 45.4 Å². The number of carbonyl (C=O) groups excluding carboxylic acids is 2. The average molecular weight is 296 g/mol. The lowest BCUT2D eigenvalue weighted by Gasteiger charge is -2.19. The third-order valence-electron chi connectivity index (χ3n) is 2.42. The molecule has 0 aliphatic heterocycles.